The van der Waals surface area contributed by atoms with Gasteiger partial charge >= 0.3 is 0 Å². The van der Waals surface area contributed by atoms with Crippen LogP contribution in [0, 0.1) is 6.92 Å². The molecule has 0 radical (unpaired) electrons. The number of aryl methyl sites for hydroxylation is 1. The van der Waals surface area contributed by atoms with Gasteiger partial charge in [0.25, 0.3) is 0 Å². The number of benzene rings is 1. The minimum Gasteiger partial charge on any atom is -0.496 e. The van der Waals surface area contributed by atoms with Gasteiger partial charge in [-0.3, -0.25) is 9.78 Å². The quantitative estimate of drug-likeness (QED) is 0.847. The number of methoxy groups -OCH3 is 1. The van der Waals surface area contributed by atoms with E-state index in [1.54, 1.807) is 19.5 Å². The van der Waals surface area contributed by atoms with Crippen LogP contribution in [0.5, 0.6) is 11.5 Å². The molecule has 0 saturated carbocycles. The topological polar surface area (TPSA) is 51.7 Å². The molecule has 2 aromatic rings. The van der Waals surface area contributed by atoms with E-state index in [4.69, 9.17) is 9.47 Å². The van der Waals surface area contributed by atoms with Crippen LogP contribution in [0.4, 0.5) is 0 Å². The second-order valence-electron chi connectivity index (χ2n) is 6.04. The normalized spacial score (nSPS) is 16.9. The summed E-state index contributed by atoms with van der Waals surface area (Å²) in [6.07, 6.45) is 4.68. The summed E-state index contributed by atoms with van der Waals surface area (Å²) >= 11 is 0. The van der Waals surface area contributed by atoms with Gasteiger partial charge in [-0.2, -0.15) is 0 Å². The molecule has 1 aliphatic rings. The maximum Gasteiger partial charge on any atom is 0.227 e. The van der Waals surface area contributed by atoms with Crippen molar-refractivity contribution < 1.29 is 14.3 Å². The third-order valence-electron chi connectivity index (χ3n) is 4.26. The molecule has 5 heteroatoms. The van der Waals surface area contributed by atoms with Gasteiger partial charge in [-0.05, 0) is 36.2 Å². The number of nitrogens with zero attached hydrogens (tertiary/aromatic N) is 2. The number of hydrogen-bond acceptors (Lipinski definition) is 4. The second-order valence-corrected chi connectivity index (χ2v) is 6.04. The maximum atomic E-state index is 12.5. The summed E-state index contributed by atoms with van der Waals surface area (Å²) < 4.78 is 11.2. The number of rotatable bonds is 5. The summed E-state index contributed by atoms with van der Waals surface area (Å²) in [7, 11) is 1.65. The molecule has 0 spiro atoms. The van der Waals surface area contributed by atoms with E-state index in [9.17, 15) is 4.79 Å². The lowest BCUT2D eigenvalue weighted by Crippen LogP contribution is -2.32. The van der Waals surface area contributed by atoms with Gasteiger partial charge in [-0.1, -0.05) is 12.1 Å². The average Bonchev–Trinajstić information content (AvgIpc) is 3.06. The number of aromatic nitrogens is 1. The van der Waals surface area contributed by atoms with E-state index in [1.165, 1.54) is 0 Å². The zero-order valence-electron chi connectivity index (χ0n) is 14.1. The SMILES string of the molecule is COc1cc(CC(=O)N2CCC(Oc3cccnc3)C2)ccc1C. The minimum absolute atomic E-state index is 0.0331. The Hall–Kier alpha value is -2.56. The number of ether oxygens (including phenoxy) is 2. The van der Waals surface area contributed by atoms with Crippen molar-refractivity contribution in [3.8, 4) is 11.5 Å². The average molecular weight is 326 g/mol. The largest absolute Gasteiger partial charge is 0.496 e. The van der Waals surface area contributed by atoms with E-state index in [2.05, 4.69) is 4.98 Å². The Kier molecular flexibility index (Phi) is 4.99. The lowest BCUT2D eigenvalue weighted by atomic mass is 10.1. The predicted molar refractivity (Wildman–Crippen MR) is 91.3 cm³/mol. The zero-order chi connectivity index (χ0) is 16.9. The Morgan fingerprint density at radius 1 is 1.38 bits per heavy atom. The number of amides is 1. The smallest absolute Gasteiger partial charge is 0.227 e. The Morgan fingerprint density at radius 3 is 3.00 bits per heavy atom. The van der Waals surface area contributed by atoms with Gasteiger partial charge < -0.3 is 14.4 Å². The van der Waals surface area contributed by atoms with Crippen LogP contribution in [0.1, 0.15) is 17.5 Å². The summed E-state index contributed by atoms with van der Waals surface area (Å²) in [6.45, 7) is 3.34. The fraction of sp³-hybridized carbons (Fsp3) is 0.368. The van der Waals surface area contributed by atoms with Crippen molar-refractivity contribution in [2.45, 2.75) is 25.9 Å². The summed E-state index contributed by atoms with van der Waals surface area (Å²) in [5, 5.41) is 0. The van der Waals surface area contributed by atoms with Gasteiger partial charge in [0.1, 0.15) is 17.6 Å². The molecule has 1 aromatic heterocycles. The molecule has 1 unspecified atom stereocenters. The van der Waals surface area contributed by atoms with E-state index in [0.29, 0.717) is 13.0 Å². The van der Waals surface area contributed by atoms with E-state index in [1.807, 2.05) is 42.2 Å². The van der Waals surface area contributed by atoms with Crippen LogP contribution in [0.3, 0.4) is 0 Å². The molecule has 1 aromatic carbocycles. The molecule has 2 heterocycles. The Labute approximate surface area is 142 Å². The van der Waals surface area contributed by atoms with Crippen LogP contribution in [0.25, 0.3) is 0 Å². The highest BCUT2D eigenvalue weighted by Gasteiger charge is 2.27. The summed E-state index contributed by atoms with van der Waals surface area (Å²) in [5.41, 5.74) is 2.04. The van der Waals surface area contributed by atoms with E-state index in [-0.39, 0.29) is 12.0 Å². The van der Waals surface area contributed by atoms with Gasteiger partial charge in [0, 0.05) is 19.2 Å². The van der Waals surface area contributed by atoms with Gasteiger partial charge in [0.2, 0.25) is 5.91 Å². The molecule has 1 saturated heterocycles. The Bertz CT molecular complexity index is 703. The first-order valence-electron chi connectivity index (χ1n) is 8.13. The van der Waals surface area contributed by atoms with Crippen LogP contribution in [-0.2, 0) is 11.2 Å². The molecule has 5 nitrogen and oxygen atoms in total. The molecule has 1 aliphatic heterocycles. The Morgan fingerprint density at radius 2 is 2.25 bits per heavy atom. The van der Waals surface area contributed by atoms with Crippen molar-refractivity contribution in [2.75, 3.05) is 20.2 Å². The third kappa shape index (κ3) is 3.85. The number of likely N-dealkylation sites (tertiary alicyclic amines) is 1. The van der Waals surface area contributed by atoms with Gasteiger partial charge in [-0.25, -0.2) is 0 Å². The maximum absolute atomic E-state index is 12.5. The zero-order valence-corrected chi connectivity index (χ0v) is 14.1. The molecule has 126 valence electrons. The van der Waals surface area contributed by atoms with Crippen LogP contribution in [0.2, 0.25) is 0 Å². The predicted octanol–water partition coefficient (Wildman–Crippen LogP) is 2.62. The molecular formula is C19H22N2O3. The van der Waals surface area contributed by atoms with E-state index >= 15 is 0 Å². The molecule has 0 aliphatic carbocycles. The van der Waals surface area contributed by atoms with Crippen molar-refractivity contribution in [1.82, 2.24) is 9.88 Å². The standard InChI is InChI=1S/C19H22N2O3/c1-14-5-6-15(10-18(14)23-2)11-19(22)21-9-7-17(13-21)24-16-4-3-8-20-12-16/h3-6,8,10,12,17H,7,9,11,13H2,1-2H3. The van der Waals surface area contributed by atoms with Crippen LogP contribution >= 0.6 is 0 Å². The molecule has 1 atom stereocenters. The van der Waals surface area contributed by atoms with Gasteiger partial charge in [0.05, 0.1) is 26.3 Å². The first-order valence-corrected chi connectivity index (χ1v) is 8.13. The van der Waals surface area contributed by atoms with Crippen LogP contribution < -0.4 is 9.47 Å². The molecule has 0 N–H and O–H groups in total. The summed E-state index contributed by atoms with van der Waals surface area (Å²) in [4.78, 5) is 18.4. The third-order valence-corrected chi connectivity index (χ3v) is 4.26. The van der Waals surface area contributed by atoms with Crippen molar-refractivity contribution in [1.29, 1.82) is 0 Å². The molecule has 1 amide bonds. The van der Waals surface area contributed by atoms with Gasteiger partial charge in [-0.15, -0.1) is 0 Å². The number of pyridine rings is 1. The van der Waals surface area contributed by atoms with E-state index in [0.717, 1.165) is 35.6 Å². The van der Waals surface area contributed by atoms with Crippen molar-refractivity contribution >= 4 is 5.91 Å². The first kappa shape index (κ1) is 16.3. The second kappa shape index (κ2) is 7.34. The Balaban J connectivity index is 1.56. The molecule has 0 bridgehead atoms. The summed E-state index contributed by atoms with van der Waals surface area (Å²) in [5.74, 6) is 1.69. The molecular weight excluding hydrogens is 304 g/mol. The molecule has 1 fully saturated rings. The van der Waals surface area contributed by atoms with Crippen molar-refractivity contribution in [3.05, 3.63) is 53.9 Å². The van der Waals surface area contributed by atoms with Crippen molar-refractivity contribution in [2.24, 2.45) is 0 Å². The highest BCUT2D eigenvalue weighted by molar-refractivity contribution is 5.79. The number of carbonyl (C=O) groups is 1. The molecule has 3 rings (SSSR count). The first-order chi connectivity index (χ1) is 11.7. The fourth-order valence-electron chi connectivity index (χ4n) is 2.92. The monoisotopic (exact) mass is 326 g/mol. The highest BCUT2D eigenvalue weighted by atomic mass is 16.5. The number of hydrogen-bond donors (Lipinski definition) is 0. The molecule has 24 heavy (non-hydrogen) atoms. The van der Waals surface area contributed by atoms with E-state index < -0.39 is 0 Å². The minimum atomic E-state index is 0.0331. The lowest BCUT2D eigenvalue weighted by Gasteiger charge is -2.17. The highest BCUT2D eigenvalue weighted by Crippen LogP contribution is 2.21. The van der Waals surface area contributed by atoms with Gasteiger partial charge in [0.15, 0.2) is 0 Å². The van der Waals surface area contributed by atoms with Crippen LogP contribution in [0.15, 0.2) is 42.7 Å². The van der Waals surface area contributed by atoms with Crippen molar-refractivity contribution in [3.63, 3.8) is 0 Å². The van der Waals surface area contributed by atoms with Crippen LogP contribution in [-0.4, -0.2) is 42.1 Å². The number of carbonyl (C=O) groups excluding carboxylic acids is 1. The summed E-state index contributed by atoms with van der Waals surface area (Å²) in [6, 6.07) is 9.64. The fourth-order valence-corrected chi connectivity index (χ4v) is 2.92. The lowest BCUT2D eigenvalue weighted by molar-refractivity contribution is -0.129.